The zero-order valence-electron chi connectivity index (χ0n) is 7.79. The standard InChI is InChI=1S/C10H10BrNO2/c1-12-8-6-7(11)2-3-9(8)14-5-4-10(12)13/h2-3,6H,4-5H2,1H3. The van der Waals surface area contributed by atoms with Gasteiger partial charge in [0.05, 0.1) is 18.7 Å². The van der Waals surface area contributed by atoms with Crippen molar-refractivity contribution < 1.29 is 9.53 Å². The third-order valence-electron chi connectivity index (χ3n) is 2.23. The average Bonchev–Trinajstić information content (AvgIpc) is 2.30. The first-order chi connectivity index (χ1) is 6.68. The summed E-state index contributed by atoms with van der Waals surface area (Å²) >= 11 is 3.37. The molecule has 1 amide bonds. The molecular weight excluding hydrogens is 246 g/mol. The first-order valence-electron chi connectivity index (χ1n) is 4.37. The Morgan fingerprint density at radius 1 is 1.50 bits per heavy atom. The molecule has 0 saturated heterocycles. The van der Waals surface area contributed by atoms with Crippen molar-refractivity contribution in [2.24, 2.45) is 0 Å². The summed E-state index contributed by atoms with van der Waals surface area (Å²) in [6, 6.07) is 5.66. The van der Waals surface area contributed by atoms with Gasteiger partial charge in [-0.05, 0) is 18.2 Å². The first-order valence-corrected chi connectivity index (χ1v) is 5.16. The molecule has 74 valence electrons. The highest BCUT2D eigenvalue weighted by Gasteiger charge is 2.19. The van der Waals surface area contributed by atoms with Crippen molar-refractivity contribution >= 4 is 27.5 Å². The van der Waals surface area contributed by atoms with Crippen molar-refractivity contribution in [3.05, 3.63) is 22.7 Å². The van der Waals surface area contributed by atoms with Crippen LogP contribution in [0, 0.1) is 0 Å². The van der Waals surface area contributed by atoms with Gasteiger partial charge in [0.15, 0.2) is 0 Å². The number of carbonyl (C=O) groups excluding carboxylic acids is 1. The zero-order chi connectivity index (χ0) is 10.1. The number of nitrogens with zero attached hydrogens (tertiary/aromatic N) is 1. The fourth-order valence-electron chi connectivity index (χ4n) is 1.43. The molecule has 1 aliphatic heterocycles. The number of fused-ring (bicyclic) bond motifs is 1. The van der Waals surface area contributed by atoms with E-state index in [1.165, 1.54) is 0 Å². The summed E-state index contributed by atoms with van der Waals surface area (Å²) in [5.41, 5.74) is 0.821. The van der Waals surface area contributed by atoms with Gasteiger partial charge >= 0.3 is 0 Å². The molecule has 0 saturated carbocycles. The van der Waals surface area contributed by atoms with Crippen LogP contribution < -0.4 is 9.64 Å². The van der Waals surface area contributed by atoms with Crippen LogP contribution in [0.15, 0.2) is 22.7 Å². The van der Waals surface area contributed by atoms with E-state index in [-0.39, 0.29) is 5.91 Å². The summed E-state index contributed by atoms with van der Waals surface area (Å²) in [6.07, 6.45) is 0.433. The van der Waals surface area contributed by atoms with Gasteiger partial charge in [0.1, 0.15) is 5.75 Å². The van der Waals surface area contributed by atoms with E-state index in [1.54, 1.807) is 11.9 Å². The molecule has 2 rings (SSSR count). The topological polar surface area (TPSA) is 29.5 Å². The second kappa shape index (κ2) is 3.61. The van der Waals surface area contributed by atoms with Gasteiger partial charge in [-0.15, -0.1) is 0 Å². The Morgan fingerprint density at radius 2 is 2.29 bits per heavy atom. The summed E-state index contributed by atoms with van der Waals surface area (Å²) in [5, 5.41) is 0. The van der Waals surface area contributed by atoms with Crippen LogP contribution in [0.4, 0.5) is 5.69 Å². The zero-order valence-corrected chi connectivity index (χ0v) is 9.37. The molecule has 0 aromatic heterocycles. The molecule has 0 bridgehead atoms. The van der Waals surface area contributed by atoms with Crippen LogP contribution in [0.1, 0.15) is 6.42 Å². The molecule has 14 heavy (non-hydrogen) atoms. The van der Waals surface area contributed by atoms with Gasteiger partial charge in [0.25, 0.3) is 0 Å². The SMILES string of the molecule is CN1C(=O)CCOc2ccc(Br)cc21. The molecule has 3 nitrogen and oxygen atoms in total. The predicted molar refractivity (Wildman–Crippen MR) is 57.7 cm³/mol. The largest absolute Gasteiger partial charge is 0.491 e. The van der Waals surface area contributed by atoms with E-state index in [0.717, 1.165) is 15.9 Å². The molecule has 1 aliphatic rings. The molecule has 0 atom stereocenters. The third kappa shape index (κ3) is 1.62. The van der Waals surface area contributed by atoms with E-state index >= 15 is 0 Å². The van der Waals surface area contributed by atoms with Gasteiger partial charge in [-0.1, -0.05) is 15.9 Å². The second-order valence-corrected chi connectivity index (χ2v) is 4.08. The molecule has 4 heteroatoms. The van der Waals surface area contributed by atoms with E-state index in [4.69, 9.17) is 4.74 Å². The van der Waals surface area contributed by atoms with E-state index in [1.807, 2.05) is 18.2 Å². The summed E-state index contributed by atoms with van der Waals surface area (Å²) in [7, 11) is 1.77. The summed E-state index contributed by atoms with van der Waals surface area (Å²) in [4.78, 5) is 13.2. The summed E-state index contributed by atoms with van der Waals surface area (Å²) in [6.45, 7) is 0.456. The lowest BCUT2D eigenvalue weighted by atomic mass is 10.2. The van der Waals surface area contributed by atoms with Gasteiger partial charge in [-0.3, -0.25) is 4.79 Å². The lowest BCUT2D eigenvalue weighted by Gasteiger charge is -2.16. The maximum absolute atomic E-state index is 11.5. The molecule has 1 heterocycles. The third-order valence-corrected chi connectivity index (χ3v) is 2.72. The molecule has 1 aromatic rings. The Labute approximate surface area is 90.8 Å². The quantitative estimate of drug-likeness (QED) is 0.712. The van der Waals surface area contributed by atoms with Gasteiger partial charge in [-0.25, -0.2) is 0 Å². The van der Waals surface area contributed by atoms with Crippen LogP contribution in [0.25, 0.3) is 0 Å². The average molecular weight is 256 g/mol. The van der Waals surface area contributed by atoms with Crippen LogP contribution in [-0.4, -0.2) is 19.6 Å². The molecule has 1 aromatic carbocycles. The van der Waals surface area contributed by atoms with Crippen molar-refractivity contribution in [1.29, 1.82) is 0 Å². The molecule has 0 aliphatic carbocycles. The van der Waals surface area contributed by atoms with Crippen molar-refractivity contribution in [3.8, 4) is 5.75 Å². The molecule has 0 fully saturated rings. The maximum Gasteiger partial charge on any atom is 0.230 e. The van der Waals surface area contributed by atoms with Crippen molar-refractivity contribution in [1.82, 2.24) is 0 Å². The first kappa shape index (κ1) is 9.52. The Kier molecular flexibility index (Phi) is 2.46. The predicted octanol–water partition coefficient (Wildman–Crippen LogP) is 2.19. The second-order valence-electron chi connectivity index (χ2n) is 3.16. The lowest BCUT2D eigenvalue weighted by molar-refractivity contribution is -0.118. The van der Waals surface area contributed by atoms with Gasteiger partial charge in [0.2, 0.25) is 5.91 Å². The minimum Gasteiger partial charge on any atom is -0.491 e. The number of amides is 1. The number of benzene rings is 1. The molecular formula is C10H10BrNO2. The van der Waals surface area contributed by atoms with Crippen molar-refractivity contribution in [2.45, 2.75) is 6.42 Å². The number of ether oxygens (including phenoxy) is 1. The van der Waals surface area contributed by atoms with E-state index in [9.17, 15) is 4.79 Å². The van der Waals surface area contributed by atoms with Crippen molar-refractivity contribution in [3.63, 3.8) is 0 Å². The fourth-order valence-corrected chi connectivity index (χ4v) is 1.77. The Hall–Kier alpha value is -1.03. The van der Waals surface area contributed by atoms with Crippen LogP contribution in [0.2, 0.25) is 0 Å². The lowest BCUT2D eigenvalue weighted by Crippen LogP contribution is -2.25. The Balaban J connectivity index is 2.49. The minimum absolute atomic E-state index is 0.0850. The van der Waals surface area contributed by atoms with E-state index in [2.05, 4.69) is 15.9 Å². The Bertz CT molecular complexity index is 378. The maximum atomic E-state index is 11.5. The smallest absolute Gasteiger partial charge is 0.230 e. The summed E-state index contributed by atoms with van der Waals surface area (Å²) in [5.74, 6) is 0.850. The molecule has 0 spiro atoms. The highest BCUT2D eigenvalue weighted by molar-refractivity contribution is 9.10. The molecule has 0 unspecified atom stereocenters. The van der Waals surface area contributed by atoms with Gasteiger partial charge in [0, 0.05) is 11.5 Å². The van der Waals surface area contributed by atoms with Crippen LogP contribution >= 0.6 is 15.9 Å². The number of halogens is 1. The van der Waals surface area contributed by atoms with Gasteiger partial charge in [-0.2, -0.15) is 0 Å². The van der Waals surface area contributed by atoms with E-state index < -0.39 is 0 Å². The fraction of sp³-hybridized carbons (Fsp3) is 0.300. The number of rotatable bonds is 0. The Morgan fingerprint density at radius 3 is 3.07 bits per heavy atom. The number of hydrogen-bond acceptors (Lipinski definition) is 2. The highest BCUT2D eigenvalue weighted by atomic mass is 79.9. The number of hydrogen-bond donors (Lipinski definition) is 0. The van der Waals surface area contributed by atoms with Gasteiger partial charge < -0.3 is 9.64 Å². The minimum atomic E-state index is 0.0850. The van der Waals surface area contributed by atoms with E-state index in [0.29, 0.717) is 13.0 Å². The highest BCUT2D eigenvalue weighted by Crippen LogP contribution is 2.32. The van der Waals surface area contributed by atoms with Crippen LogP contribution in [-0.2, 0) is 4.79 Å². The number of carbonyl (C=O) groups is 1. The number of anilines is 1. The molecule has 0 radical (unpaired) electrons. The van der Waals surface area contributed by atoms with Crippen LogP contribution in [0.3, 0.4) is 0 Å². The summed E-state index contributed by atoms with van der Waals surface area (Å²) < 4.78 is 6.41. The van der Waals surface area contributed by atoms with Crippen molar-refractivity contribution in [2.75, 3.05) is 18.6 Å². The normalized spacial score (nSPS) is 15.9. The monoisotopic (exact) mass is 255 g/mol. The molecule has 0 N–H and O–H groups in total. The van der Waals surface area contributed by atoms with Crippen LogP contribution in [0.5, 0.6) is 5.75 Å².